The summed E-state index contributed by atoms with van der Waals surface area (Å²) in [6.07, 6.45) is 1.16. The molecule has 1 aromatic heterocycles. The van der Waals surface area contributed by atoms with Gasteiger partial charge < -0.3 is 4.90 Å². The lowest BCUT2D eigenvalue weighted by Gasteiger charge is -2.18. The van der Waals surface area contributed by atoms with Crippen LogP contribution in [0.1, 0.15) is 16.1 Å². The molecule has 0 spiro atoms. The number of likely N-dealkylation sites (N-methyl/N-ethyl adjacent to an activating group) is 1. The van der Waals surface area contributed by atoms with Gasteiger partial charge in [-0.3, -0.25) is 9.69 Å². The summed E-state index contributed by atoms with van der Waals surface area (Å²) in [4.78, 5) is 17.4. The monoisotopic (exact) mass is 238 g/mol. The topological polar surface area (TPSA) is 23.6 Å². The Morgan fingerprint density at radius 1 is 1.38 bits per heavy atom. The van der Waals surface area contributed by atoms with Crippen LogP contribution >= 0.6 is 11.3 Å². The zero-order valence-corrected chi connectivity index (χ0v) is 10.5. The van der Waals surface area contributed by atoms with Crippen LogP contribution in [0.4, 0.5) is 0 Å². The Kier molecular flexibility index (Phi) is 4.09. The molecular formula is C12H18N2OS. The fraction of sp³-hybridized carbons (Fsp3) is 0.583. The average Bonchev–Trinajstić information content (AvgIpc) is 2.72. The summed E-state index contributed by atoms with van der Waals surface area (Å²) in [6.45, 7) is 4.84. The first-order valence-corrected chi connectivity index (χ1v) is 6.61. The normalized spacial score (nSPS) is 19.6. The highest BCUT2D eigenvalue weighted by Crippen LogP contribution is 2.11. The molecule has 2 rings (SSSR count). The molecule has 88 valence electrons. The molecule has 1 fully saturated rings. The van der Waals surface area contributed by atoms with E-state index in [9.17, 15) is 4.79 Å². The van der Waals surface area contributed by atoms with Gasteiger partial charge in [0.05, 0.1) is 11.4 Å². The van der Waals surface area contributed by atoms with Crippen LogP contribution in [0.3, 0.4) is 0 Å². The van der Waals surface area contributed by atoms with Crippen molar-refractivity contribution < 1.29 is 4.79 Å². The number of nitrogens with zero attached hydrogens (tertiary/aromatic N) is 2. The van der Waals surface area contributed by atoms with E-state index in [-0.39, 0.29) is 5.78 Å². The average molecular weight is 238 g/mol. The van der Waals surface area contributed by atoms with Crippen molar-refractivity contribution in [3.63, 3.8) is 0 Å². The zero-order valence-electron chi connectivity index (χ0n) is 9.69. The maximum Gasteiger partial charge on any atom is 0.186 e. The Morgan fingerprint density at radius 2 is 2.25 bits per heavy atom. The summed E-state index contributed by atoms with van der Waals surface area (Å²) in [6, 6.07) is 3.85. The predicted molar refractivity (Wildman–Crippen MR) is 67.2 cm³/mol. The third-order valence-corrected chi connectivity index (χ3v) is 3.89. The molecule has 0 N–H and O–H groups in total. The highest BCUT2D eigenvalue weighted by molar-refractivity contribution is 7.12. The van der Waals surface area contributed by atoms with Gasteiger partial charge >= 0.3 is 0 Å². The maximum absolute atomic E-state index is 11.9. The molecule has 0 amide bonds. The number of ketones is 1. The molecule has 1 aromatic rings. The molecule has 0 bridgehead atoms. The van der Waals surface area contributed by atoms with Crippen LogP contribution < -0.4 is 0 Å². The second-order valence-corrected chi connectivity index (χ2v) is 5.28. The molecule has 16 heavy (non-hydrogen) atoms. The van der Waals surface area contributed by atoms with Crippen molar-refractivity contribution in [2.45, 2.75) is 6.42 Å². The number of rotatable bonds is 3. The number of carbonyl (C=O) groups excluding carboxylic acids is 1. The second kappa shape index (κ2) is 5.57. The smallest absolute Gasteiger partial charge is 0.186 e. The van der Waals surface area contributed by atoms with Crippen LogP contribution in [0.2, 0.25) is 0 Å². The Hall–Kier alpha value is -0.710. The van der Waals surface area contributed by atoms with Crippen LogP contribution in [0.5, 0.6) is 0 Å². The minimum absolute atomic E-state index is 0.263. The van der Waals surface area contributed by atoms with Crippen molar-refractivity contribution >= 4 is 17.1 Å². The number of Topliss-reactive ketones (excluding diaryl/α,β-unsaturated/α-hetero) is 1. The van der Waals surface area contributed by atoms with Gasteiger partial charge in [0.2, 0.25) is 0 Å². The molecule has 0 atom stereocenters. The standard InChI is InChI=1S/C12H18N2OS/c1-13-5-3-6-14(8-7-13)10-11(15)12-4-2-9-16-12/h2,4,9H,3,5-8,10H2,1H3. The first kappa shape index (κ1) is 11.8. The second-order valence-electron chi connectivity index (χ2n) is 4.33. The number of hydrogen-bond donors (Lipinski definition) is 0. The first-order chi connectivity index (χ1) is 7.75. The summed E-state index contributed by atoms with van der Waals surface area (Å²) in [7, 11) is 2.14. The molecule has 0 saturated carbocycles. The van der Waals surface area contributed by atoms with Gasteiger partial charge in [-0.1, -0.05) is 6.07 Å². The highest BCUT2D eigenvalue weighted by Gasteiger charge is 2.16. The molecule has 3 nitrogen and oxygen atoms in total. The van der Waals surface area contributed by atoms with Gasteiger partial charge in [-0.05, 0) is 38.0 Å². The Bertz CT molecular complexity index is 337. The van der Waals surface area contributed by atoms with Crippen molar-refractivity contribution in [2.24, 2.45) is 0 Å². The molecule has 0 radical (unpaired) electrons. The summed E-state index contributed by atoms with van der Waals surface area (Å²) < 4.78 is 0. The van der Waals surface area contributed by atoms with Gasteiger partial charge in [0.25, 0.3) is 0 Å². The molecule has 2 heterocycles. The number of thiophene rings is 1. The Labute approximate surface area is 101 Å². The van der Waals surface area contributed by atoms with Crippen LogP contribution in [0, 0.1) is 0 Å². The molecule has 1 aliphatic rings. The van der Waals surface area contributed by atoms with Crippen LogP contribution in [-0.4, -0.2) is 55.4 Å². The van der Waals surface area contributed by atoms with E-state index in [1.165, 1.54) is 11.3 Å². The lowest BCUT2D eigenvalue weighted by molar-refractivity contribution is 0.0937. The van der Waals surface area contributed by atoms with E-state index in [4.69, 9.17) is 0 Å². The van der Waals surface area contributed by atoms with Crippen molar-refractivity contribution in [1.29, 1.82) is 0 Å². The van der Waals surface area contributed by atoms with E-state index in [0.717, 1.165) is 37.5 Å². The van der Waals surface area contributed by atoms with E-state index >= 15 is 0 Å². The lowest BCUT2D eigenvalue weighted by atomic mass is 10.3. The molecule has 1 saturated heterocycles. The Balaban J connectivity index is 1.87. The van der Waals surface area contributed by atoms with Crippen LogP contribution in [0.25, 0.3) is 0 Å². The predicted octanol–water partition coefficient (Wildman–Crippen LogP) is 1.57. The van der Waals surface area contributed by atoms with Gasteiger partial charge in [0, 0.05) is 13.1 Å². The quantitative estimate of drug-likeness (QED) is 0.747. The SMILES string of the molecule is CN1CCCN(CC(=O)c2cccs2)CC1. The van der Waals surface area contributed by atoms with Crippen LogP contribution in [-0.2, 0) is 0 Å². The van der Waals surface area contributed by atoms with Gasteiger partial charge in [-0.2, -0.15) is 0 Å². The van der Waals surface area contributed by atoms with E-state index in [1.54, 1.807) is 0 Å². The largest absolute Gasteiger partial charge is 0.305 e. The summed E-state index contributed by atoms with van der Waals surface area (Å²) in [5.41, 5.74) is 0. The van der Waals surface area contributed by atoms with Crippen LogP contribution in [0.15, 0.2) is 17.5 Å². The minimum Gasteiger partial charge on any atom is -0.305 e. The van der Waals surface area contributed by atoms with E-state index in [1.807, 2.05) is 17.5 Å². The van der Waals surface area contributed by atoms with Crippen molar-refractivity contribution in [1.82, 2.24) is 9.80 Å². The van der Waals surface area contributed by atoms with Crippen molar-refractivity contribution in [2.75, 3.05) is 39.8 Å². The summed E-state index contributed by atoms with van der Waals surface area (Å²) in [5, 5.41) is 1.96. The molecule has 1 aliphatic heterocycles. The summed E-state index contributed by atoms with van der Waals surface area (Å²) in [5.74, 6) is 0.263. The number of hydrogen-bond acceptors (Lipinski definition) is 4. The lowest BCUT2D eigenvalue weighted by Crippen LogP contribution is -2.33. The van der Waals surface area contributed by atoms with E-state index in [2.05, 4.69) is 16.8 Å². The van der Waals surface area contributed by atoms with Gasteiger partial charge in [-0.25, -0.2) is 0 Å². The van der Waals surface area contributed by atoms with Crippen molar-refractivity contribution in [3.05, 3.63) is 22.4 Å². The number of carbonyl (C=O) groups is 1. The fourth-order valence-corrected chi connectivity index (χ4v) is 2.63. The third kappa shape index (κ3) is 3.14. The first-order valence-electron chi connectivity index (χ1n) is 5.73. The molecular weight excluding hydrogens is 220 g/mol. The van der Waals surface area contributed by atoms with Gasteiger partial charge in [-0.15, -0.1) is 11.3 Å². The molecule has 0 aromatic carbocycles. The Morgan fingerprint density at radius 3 is 3.00 bits per heavy atom. The van der Waals surface area contributed by atoms with Gasteiger partial charge in [0.1, 0.15) is 0 Å². The zero-order chi connectivity index (χ0) is 11.4. The molecule has 4 heteroatoms. The summed E-state index contributed by atoms with van der Waals surface area (Å²) >= 11 is 1.54. The van der Waals surface area contributed by atoms with E-state index in [0.29, 0.717) is 6.54 Å². The fourth-order valence-electron chi connectivity index (χ4n) is 1.98. The molecule has 0 unspecified atom stereocenters. The minimum atomic E-state index is 0.263. The highest BCUT2D eigenvalue weighted by atomic mass is 32.1. The molecule has 0 aliphatic carbocycles. The van der Waals surface area contributed by atoms with Crippen molar-refractivity contribution in [3.8, 4) is 0 Å². The third-order valence-electron chi connectivity index (χ3n) is 2.98. The van der Waals surface area contributed by atoms with E-state index < -0.39 is 0 Å². The maximum atomic E-state index is 11.9. The van der Waals surface area contributed by atoms with Gasteiger partial charge in [0.15, 0.2) is 5.78 Å².